The van der Waals surface area contributed by atoms with Crippen LogP contribution in [0.2, 0.25) is 0 Å². The predicted molar refractivity (Wildman–Crippen MR) is 55.2 cm³/mol. The van der Waals surface area contributed by atoms with E-state index in [0.717, 1.165) is 0 Å². The van der Waals surface area contributed by atoms with Gasteiger partial charge in [-0.05, 0) is 6.08 Å². The molecule has 0 bridgehead atoms. The van der Waals surface area contributed by atoms with Gasteiger partial charge in [0.05, 0.1) is 12.9 Å². The van der Waals surface area contributed by atoms with Gasteiger partial charge in [0.25, 0.3) is 0 Å². The molecule has 0 aliphatic carbocycles. The maximum atomic E-state index is 9.74. The van der Waals surface area contributed by atoms with Gasteiger partial charge in [0.1, 0.15) is 24.1 Å². The van der Waals surface area contributed by atoms with Gasteiger partial charge in [-0.3, -0.25) is 0 Å². The minimum Gasteiger partial charge on any atom is -0.394 e. The molecule has 2 aliphatic rings. The summed E-state index contributed by atoms with van der Waals surface area (Å²) in [6, 6.07) is 0. The number of nitrogens with zero attached hydrogens (tertiary/aromatic N) is 2. The van der Waals surface area contributed by atoms with Crippen LogP contribution in [-0.2, 0) is 4.74 Å². The van der Waals surface area contributed by atoms with E-state index >= 15 is 0 Å². The van der Waals surface area contributed by atoms with Gasteiger partial charge in [0.2, 0.25) is 0 Å². The minimum absolute atomic E-state index is 0.336. The van der Waals surface area contributed by atoms with Crippen LogP contribution in [-0.4, -0.2) is 64.2 Å². The van der Waals surface area contributed by atoms with Crippen molar-refractivity contribution < 1.29 is 20.1 Å². The number of aliphatic imine (C=N–C) groups is 1. The van der Waals surface area contributed by atoms with Crippen LogP contribution < -0.4 is 5.73 Å². The van der Waals surface area contributed by atoms with Gasteiger partial charge >= 0.3 is 0 Å². The molecule has 0 amide bonds. The molecule has 16 heavy (non-hydrogen) atoms. The van der Waals surface area contributed by atoms with Crippen molar-refractivity contribution in [1.29, 1.82) is 0 Å². The van der Waals surface area contributed by atoms with Crippen molar-refractivity contribution in [3.05, 3.63) is 11.9 Å². The molecule has 2 aliphatic heterocycles. The lowest BCUT2D eigenvalue weighted by Gasteiger charge is -2.28. The Bertz CT molecular complexity index is 320. The van der Waals surface area contributed by atoms with Crippen molar-refractivity contribution in [2.24, 2.45) is 10.7 Å². The molecule has 2 heterocycles. The van der Waals surface area contributed by atoms with E-state index in [2.05, 4.69) is 4.99 Å². The van der Waals surface area contributed by atoms with Crippen LogP contribution in [0.1, 0.15) is 0 Å². The average Bonchev–Trinajstić information content (AvgIpc) is 2.57. The summed E-state index contributed by atoms with van der Waals surface area (Å²) in [6.07, 6.45) is -0.510. The van der Waals surface area contributed by atoms with Crippen molar-refractivity contribution in [2.75, 3.05) is 13.2 Å². The van der Waals surface area contributed by atoms with Crippen LogP contribution in [0.25, 0.3) is 0 Å². The third kappa shape index (κ3) is 1.90. The molecule has 90 valence electrons. The fraction of sp³-hybridized carbons (Fsp3) is 0.667. The van der Waals surface area contributed by atoms with Gasteiger partial charge < -0.3 is 30.7 Å². The van der Waals surface area contributed by atoms with Crippen LogP contribution in [0, 0.1) is 0 Å². The van der Waals surface area contributed by atoms with E-state index in [1.54, 1.807) is 11.0 Å². The second kappa shape index (κ2) is 4.38. The zero-order valence-electron chi connectivity index (χ0n) is 8.60. The van der Waals surface area contributed by atoms with E-state index in [-0.39, 0.29) is 6.61 Å². The Morgan fingerprint density at radius 3 is 2.75 bits per heavy atom. The first-order valence-corrected chi connectivity index (χ1v) is 5.01. The second-order valence-electron chi connectivity index (χ2n) is 3.80. The topological polar surface area (TPSA) is 112 Å². The zero-order valence-corrected chi connectivity index (χ0v) is 8.60. The first kappa shape index (κ1) is 11.3. The van der Waals surface area contributed by atoms with Crippen LogP contribution in [0.4, 0.5) is 0 Å². The molecule has 4 atom stereocenters. The number of aliphatic hydroxyl groups is 3. The summed E-state index contributed by atoms with van der Waals surface area (Å²) in [6.45, 7) is 0.111. The molecule has 0 saturated carbocycles. The molecule has 0 unspecified atom stereocenters. The first-order chi connectivity index (χ1) is 7.63. The van der Waals surface area contributed by atoms with Crippen molar-refractivity contribution >= 4 is 6.34 Å². The lowest BCUT2D eigenvalue weighted by Crippen LogP contribution is -2.44. The predicted octanol–water partition coefficient (Wildman–Crippen LogP) is -2.43. The quantitative estimate of drug-likeness (QED) is 0.419. The molecule has 0 spiro atoms. The fourth-order valence-electron chi connectivity index (χ4n) is 1.76. The molecule has 2 rings (SSSR count). The maximum absolute atomic E-state index is 9.74. The molecule has 1 saturated heterocycles. The number of rotatable bonds is 2. The summed E-state index contributed by atoms with van der Waals surface area (Å²) in [5, 5.41) is 28.2. The highest BCUT2D eigenvalue weighted by atomic mass is 16.6. The van der Waals surface area contributed by atoms with Gasteiger partial charge in [0.15, 0.2) is 6.23 Å². The Kier molecular flexibility index (Phi) is 3.10. The minimum atomic E-state index is -1.09. The summed E-state index contributed by atoms with van der Waals surface area (Å²) in [7, 11) is 0. The molecule has 7 nitrogen and oxygen atoms in total. The van der Waals surface area contributed by atoms with Crippen LogP contribution >= 0.6 is 0 Å². The number of hydrogen-bond donors (Lipinski definition) is 4. The Morgan fingerprint density at radius 2 is 2.25 bits per heavy atom. The monoisotopic (exact) mass is 229 g/mol. The molecule has 7 heteroatoms. The molecular formula is C9H15N3O4. The van der Waals surface area contributed by atoms with Crippen LogP contribution in [0.3, 0.4) is 0 Å². The number of ether oxygens (including phenoxy) is 1. The molecular weight excluding hydrogens is 214 g/mol. The normalized spacial score (nSPS) is 38.9. The third-order valence-electron chi connectivity index (χ3n) is 2.71. The van der Waals surface area contributed by atoms with Crippen molar-refractivity contribution in [1.82, 2.24) is 4.90 Å². The SMILES string of the molecule is NC1=CCN([C@@H]2O[C@H](CO)[C@@H](O)[C@@H]2O)C=N1. The first-order valence-electron chi connectivity index (χ1n) is 5.01. The standard InChI is InChI=1S/C9H15N3O4/c10-6-1-2-12(4-11-6)9-8(15)7(14)5(3-13)16-9/h1,4-5,7-9,13-15H,2-3,10H2/t5-,7-,8+,9-/m1/s1. The highest BCUT2D eigenvalue weighted by Gasteiger charge is 2.44. The number of aliphatic hydroxyl groups excluding tert-OH is 3. The molecule has 5 N–H and O–H groups in total. The maximum Gasteiger partial charge on any atom is 0.160 e. The Balaban J connectivity index is 2.04. The smallest absolute Gasteiger partial charge is 0.160 e. The zero-order chi connectivity index (χ0) is 11.7. The lowest BCUT2D eigenvalue weighted by atomic mass is 10.1. The molecule has 0 radical (unpaired) electrons. The van der Waals surface area contributed by atoms with E-state index in [9.17, 15) is 10.2 Å². The summed E-state index contributed by atoms with van der Waals surface area (Å²) >= 11 is 0. The van der Waals surface area contributed by atoms with E-state index in [1.807, 2.05) is 0 Å². The van der Waals surface area contributed by atoms with Crippen molar-refractivity contribution in [3.8, 4) is 0 Å². The van der Waals surface area contributed by atoms with E-state index < -0.39 is 24.5 Å². The van der Waals surface area contributed by atoms with E-state index in [4.69, 9.17) is 15.6 Å². The van der Waals surface area contributed by atoms with Gasteiger partial charge in [-0.2, -0.15) is 0 Å². The van der Waals surface area contributed by atoms with Crippen molar-refractivity contribution in [2.45, 2.75) is 24.5 Å². The van der Waals surface area contributed by atoms with Crippen molar-refractivity contribution in [3.63, 3.8) is 0 Å². The molecule has 1 fully saturated rings. The van der Waals surface area contributed by atoms with Crippen LogP contribution in [0.15, 0.2) is 16.9 Å². The number of hydrogen-bond acceptors (Lipinski definition) is 7. The highest BCUT2D eigenvalue weighted by Crippen LogP contribution is 2.23. The summed E-state index contributed by atoms with van der Waals surface area (Å²) in [5.41, 5.74) is 5.45. The number of nitrogens with two attached hydrogens (primary N) is 1. The second-order valence-corrected chi connectivity index (χ2v) is 3.80. The van der Waals surface area contributed by atoms with Gasteiger partial charge in [-0.25, -0.2) is 4.99 Å². The van der Waals surface area contributed by atoms with Gasteiger partial charge in [-0.15, -0.1) is 0 Å². The van der Waals surface area contributed by atoms with E-state index in [0.29, 0.717) is 12.4 Å². The third-order valence-corrected chi connectivity index (χ3v) is 2.71. The summed E-state index contributed by atoms with van der Waals surface area (Å²) < 4.78 is 5.32. The Labute approximate surface area is 92.4 Å². The average molecular weight is 229 g/mol. The summed E-state index contributed by atoms with van der Waals surface area (Å²) in [4.78, 5) is 5.48. The largest absolute Gasteiger partial charge is 0.394 e. The van der Waals surface area contributed by atoms with Gasteiger partial charge in [-0.1, -0.05) is 0 Å². The van der Waals surface area contributed by atoms with Crippen LogP contribution in [0.5, 0.6) is 0 Å². The lowest BCUT2D eigenvalue weighted by molar-refractivity contribution is -0.0672. The Hall–Kier alpha value is -1.15. The molecule has 0 aromatic carbocycles. The molecule has 0 aromatic heterocycles. The summed E-state index contributed by atoms with van der Waals surface area (Å²) in [5.74, 6) is 0.406. The van der Waals surface area contributed by atoms with Gasteiger partial charge in [0, 0.05) is 6.54 Å². The van der Waals surface area contributed by atoms with E-state index in [1.165, 1.54) is 6.34 Å². The highest BCUT2D eigenvalue weighted by molar-refractivity contribution is 5.59. The molecule has 0 aromatic rings. The Morgan fingerprint density at radius 1 is 1.50 bits per heavy atom. The fourth-order valence-corrected chi connectivity index (χ4v) is 1.76.